The van der Waals surface area contributed by atoms with E-state index < -0.39 is 23.7 Å². The van der Waals surface area contributed by atoms with Crippen molar-refractivity contribution in [3.63, 3.8) is 0 Å². The number of aromatic hydroxyl groups is 1. The van der Waals surface area contributed by atoms with Gasteiger partial charge in [-0.2, -0.15) is 0 Å². The topological polar surface area (TPSA) is 104 Å². The van der Waals surface area contributed by atoms with Crippen LogP contribution in [0.2, 0.25) is 0 Å². The molecule has 1 saturated heterocycles. The Hall–Kier alpha value is -2.74. The van der Waals surface area contributed by atoms with Gasteiger partial charge in [-0.1, -0.05) is 6.08 Å². The lowest BCUT2D eigenvalue weighted by molar-refractivity contribution is -0.140. The molecule has 7 nitrogen and oxygen atoms in total. The van der Waals surface area contributed by atoms with E-state index in [1.54, 1.807) is 12.1 Å². The number of amides is 2. The predicted octanol–water partition coefficient (Wildman–Crippen LogP) is 2.25. The molecule has 0 radical (unpaired) electrons. The summed E-state index contributed by atoms with van der Waals surface area (Å²) in [6.45, 7) is 2.93. The van der Waals surface area contributed by atoms with Gasteiger partial charge in [0.1, 0.15) is 6.54 Å². The van der Waals surface area contributed by atoms with Gasteiger partial charge in [-0.05, 0) is 42.0 Å². The number of hydrogen-bond acceptors (Lipinski definition) is 6. The third kappa shape index (κ3) is 3.60. The number of nitrogens with zero attached hydrogens (tertiary/aromatic N) is 1. The number of phenolic OH excluding ortho intramolecular Hbond substituents is 1. The molecule has 1 heterocycles. The van der Waals surface area contributed by atoms with Crippen molar-refractivity contribution in [2.75, 3.05) is 13.7 Å². The monoisotopic (exact) mass is 349 g/mol. The van der Waals surface area contributed by atoms with Gasteiger partial charge < -0.3 is 14.9 Å². The van der Waals surface area contributed by atoms with E-state index in [1.165, 1.54) is 19.3 Å². The molecule has 0 aromatic heterocycles. The number of aliphatic carboxylic acids is 1. The lowest BCUT2D eigenvalue weighted by atomic mass is 10.1. The lowest BCUT2D eigenvalue weighted by Crippen LogP contribution is -2.33. The SMILES string of the molecule is C=CCc1cc(/C=C2/SC(=O)N(CC(=O)O)C2=O)cc(OC)c1O. The fraction of sp³-hybridized carbons (Fsp3) is 0.188. The first-order chi connectivity index (χ1) is 11.4. The third-order valence-corrected chi connectivity index (χ3v) is 4.13. The molecule has 0 spiro atoms. The zero-order valence-corrected chi connectivity index (χ0v) is 13.6. The number of allylic oxidation sites excluding steroid dienone is 1. The maximum absolute atomic E-state index is 12.1. The van der Waals surface area contributed by atoms with Gasteiger partial charge in [-0.15, -0.1) is 6.58 Å². The van der Waals surface area contributed by atoms with Crippen LogP contribution in [0.25, 0.3) is 6.08 Å². The first-order valence-electron chi connectivity index (χ1n) is 6.85. The van der Waals surface area contributed by atoms with Gasteiger partial charge in [-0.25, -0.2) is 0 Å². The van der Waals surface area contributed by atoms with Crippen molar-refractivity contribution in [3.8, 4) is 11.5 Å². The van der Waals surface area contributed by atoms with Crippen molar-refractivity contribution in [1.82, 2.24) is 4.90 Å². The standard InChI is InChI=1S/C16H15NO6S/c1-3-4-10-5-9(6-11(23-2)14(10)20)7-12-15(21)17(8-13(18)19)16(22)24-12/h3,5-7,20H,1,4,8H2,2H3,(H,18,19)/b12-7+. The lowest BCUT2D eigenvalue weighted by Gasteiger charge is -2.10. The second-order valence-electron chi connectivity index (χ2n) is 4.89. The summed E-state index contributed by atoms with van der Waals surface area (Å²) in [5.74, 6) is -1.72. The summed E-state index contributed by atoms with van der Waals surface area (Å²) < 4.78 is 5.10. The van der Waals surface area contributed by atoms with Crippen molar-refractivity contribution in [2.24, 2.45) is 0 Å². The molecule has 1 aromatic rings. The number of carboxylic acids is 1. The minimum Gasteiger partial charge on any atom is -0.504 e. The van der Waals surface area contributed by atoms with E-state index in [1.807, 2.05) is 0 Å². The minimum atomic E-state index is -1.27. The number of thioether (sulfide) groups is 1. The molecule has 0 unspecified atom stereocenters. The number of imide groups is 1. The van der Waals surface area contributed by atoms with Crippen LogP contribution in [0.1, 0.15) is 11.1 Å². The van der Waals surface area contributed by atoms with Gasteiger partial charge in [0.15, 0.2) is 11.5 Å². The average molecular weight is 349 g/mol. The molecule has 1 fully saturated rings. The van der Waals surface area contributed by atoms with Gasteiger partial charge >= 0.3 is 5.97 Å². The maximum atomic E-state index is 12.1. The van der Waals surface area contributed by atoms with Crippen LogP contribution in [0.5, 0.6) is 11.5 Å². The number of carboxylic acid groups (broad SMARTS) is 1. The number of hydrogen-bond donors (Lipinski definition) is 2. The van der Waals surface area contributed by atoms with Crippen LogP contribution in [0.3, 0.4) is 0 Å². The summed E-state index contributed by atoms with van der Waals surface area (Å²) in [6.07, 6.45) is 3.46. The fourth-order valence-electron chi connectivity index (χ4n) is 2.16. The van der Waals surface area contributed by atoms with Gasteiger partial charge in [0, 0.05) is 5.56 Å². The molecule has 24 heavy (non-hydrogen) atoms. The Labute approximate surface area is 142 Å². The van der Waals surface area contributed by atoms with Crippen molar-refractivity contribution < 1.29 is 29.3 Å². The molecule has 0 aliphatic carbocycles. The summed E-state index contributed by atoms with van der Waals surface area (Å²) in [6, 6.07) is 3.16. The van der Waals surface area contributed by atoms with Crippen molar-refractivity contribution in [1.29, 1.82) is 0 Å². The number of ether oxygens (including phenoxy) is 1. The van der Waals surface area contributed by atoms with E-state index in [0.29, 0.717) is 34.2 Å². The van der Waals surface area contributed by atoms with E-state index in [2.05, 4.69) is 6.58 Å². The highest BCUT2D eigenvalue weighted by molar-refractivity contribution is 8.18. The minimum absolute atomic E-state index is 0.0199. The Balaban J connectivity index is 2.39. The van der Waals surface area contributed by atoms with Crippen LogP contribution in [0.15, 0.2) is 29.7 Å². The van der Waals surface area contributed by atoms with Gasteiger partial charge in [0.05, 0.1) is 12.0 Å². The second-order valence-corrected chi connectivity index (χ2v) is 5.88. The molecule has 2 amide bonds. The first-order valence-corrected chi connectivity index (χ1v) is 7.67. The Morgan fingerprint density at radius 1 is 1.42 bits per heavy atom. The maximum Gasteiger partial charge on any atom is 0.323 e. The van der Waals surface area contributed by atoms with Gasteiger partial charge in [-0.3, -0.25) is 19.3 Å². The largest absolute Gasteiger partial charge is 0.504 e. The van der Waals surface area contributed by atoms with Crippen LogP contribution in [-0.4, -0.2) is 45.9 Å². The number of methoxy groups -OCH3 is 1. The van der Waals surface area contributed by atoms with E-state index in [-0.39, 0.29) is 16.4 Å². The fourth-order valence-corrected chi connectivity index (χ4v) is 3.00. The molecule has 1 aromatic carbocycles. The van der Waals surface area contributed by atoms with Crippen molar-refractivity contribution in [3.05, 3.63) is 40.8 Å². The van der Waals surface area contributed by atoms with E-state index in [9.17, 15) is 19.5 Å². The van der Waals surface area contributed by atoms with E-state index in [0.717, 1.165) is 0 Å². The quantitative estimate of drug-likeness (QED) is 0.599. The number of carbonyl (C=O) groups excluding carboxylic acids is 2. The molecule has 126 valence electrons. The van der Waals surface area contributed by atoms with E-state index >= 15 is 0 Å². The number of phenols is 1. The molecule has 0 saturated carbocycles. The highest BCUT2D eigenvalue weighted by Crippen LogP contribution is 2.36. The Kier molecular flexibility index (Phi) is 5.30. The summed E-state index contributed by atoms with van der Waals surface area (Å²) in [5, 5.41) is 18.2. The molecule has 1 aliphatic heterocycles. The predicted molar refractivity (Wildman–Crippen MR) is 88.9 cm³/mol. The molecule has 0 bridgehead atoms. The Bertz CT molecular complexity index is 755. The Morgan fingerprint density at radius 2 is 2.12 bits per heavy atom. The second kappa shape index (κ2) is 7.22. The highest BCUT2D eigenvalue weighted by atomic mass is 32.2. The molecule has 1 aliphatic rings. The zero-order valence-electron chi connectivity index (χ0n) is 12.8. The zero-order chi connectivity index (χ0) is 17.9. The van der Waals surface area contributed by atoms with Crippen LogP contribution in [0, 0.1) is 0 Å². The summed E-state index contributed by atoms with van der Waals surface area (Å²) >= 11 is 0.667. The Morgan fingerprint density at radius 3 is 2.71 bits per heavy atom. The molecule has 2 N–H and O–H groups in total. The molecule has 0 atom stereocenters. The third-order valence-electron chi connectivity index (χ3n) is 3.23. The smallest absolute Gasteiger partial charge is 0.323 e. The average Bonchev–Trinajstić information content (AvgIpc) is 2.77. The van der Waals surface area contributed by atoms with E-state index in [4.69, 9.17) is 9.84 Å². The van der Waals surface area contributed by atoms with Crippen LogP contribution in [-0.2, 0) is 16.0 Å². The molecular formula is C16H15NO6S. The molecule has 2 rings (SSSR count). The normalized spacial score (nSPS) is 15.9. The van der Waals surface area contributed by atoms with Gasteiger partial charge in [0.2, 0.25) is 0 Å². The molecule has 8 heteroatoms. The summed E-state index contributed by atoms with van der Waals surface area (Å²) in [5.41, 5.74) is 1.10. The van der Waals surface area contributed by atoms with Crippen LogP contribution < -0.4 is 4.74 Å². The van der Waals surface area contributed by atoms with Crippen LogP contribution in [0.4, 0.5) is 4.79 Å². The number of benzene rings is 1. The summed E-state index contributed by atoms with van der Waals surface area (Å²) in [7, 11) is 1.40. The first kappa shape index (κ1) is 17.6. The number of carbonyl (C=O) groups is 3. The van der Waals surface area contributed by atoms with Gasteiger partial charge in [0.25, 0.3) is 11.1 Å². The highest BCUT2D eigenvalue weighted by Gasteiger charge is 2.36. The number of rotatable bonds is 6. The van der Waals surface area contributed by atoms with Crippen molar-refractivity contribution >= 4 is 35.0 Å². The molecular weight excluding hydrogens is 334 g/mol. The summed E-state index contributed by atoms with van der Waals surface area (Å²) in [4.78, 5) is 35.4. The van der Waals surface area contributed by atoms with Crippen LogP contribution >= 0.6 is 11.8 Å². The van der Waals surface area contributed by atoms with Crippen molar-refractivity contribution in [2.45, 2.75) is 6.42 Å².